The number of hydrogen-bond acceptors (Lipinski definition) is 0. The Labute approximate surface area is 126 Å². The summed E-state index contributed by atoms with van der Waals surface area (Å²) in [4.78, 5) is 0. The van der Waals surface area contributed by atoms with E-state index >= 15 is 0 Å². The van der Waals surface area contributed by atoms with Crippen LogP contribution in [0.2, 0.25) is 0 Å². The minimum Gasteiger partial charge on any atom is -0.0683 e. The molecule has 0 N–H and O–H groups in total. The quantitative estimate of drug-likeness (QED) is 0.581. The summed E-state index contributed by atoms with van der Waals surface area (Å²) in [6, 6.07) is 20.9. The Morgan fingerprint density at radius 2 is 0.750 bits per heavy atom. The Hall–Kier alpha value is -1.56. The van der Waals surface area contributed by atoms with Crippen molar-refractivity contribution in [1.29, 1.82) is 0 Å². The summed E-state index contributed by atoms with van der Waals surface area (Å²) in [5.74, 6) is 0. The summed E-state index contributed by atoms with van der Waals surface area (Å²) < 4.78 is 0. The summed E-state index contributed by atoms with van der Waals surface area (Å²) in [5, 5.41) is 0. The molecule has 0 amide bonds. The van der Waals surface area contributed by atoms with E-state index in [1.807, 2.05) is 39.8 Å². The van der Waals surface area contributed by atoms with Gasteiger partial charge in [0.1, 0.15) is 0 Å². The van der Waals surface area contributed by atoms with Gasteiger partial charge < -0.3 is 0 Å². The second-order valence-electron chi connectivity index (χ2n) is 3.68. The first-order valence-electron chi connectivity index (χ1n) is 7.94. The first-order chi connectivity index (χ1) is 9.86. The monoisotopic (exact) mass is 272 g/mol. The van der Waals surface area contributed by atoms with Gasteiger partial charge in [-0.15, -0.1) is 0 Å². The smallest absolute Gasteiger partial charge is 0.0307 e. The minimum atomic E-state index is 1.14. The zero-order valence-electron chi connectivity index (χ0n) is 14.2. The van der Waals surface area contributed by atoms with Gasteiger partial charge in [-0.25, -0.2) is 0 Å². The van der Waals surface area contributed by atoms with Crippen LogP contribution in [0.4, 0.5) is 0 Å². The van der Waals surface area contributed by atoms with E-state index in [0.717, 1.165) is 12.8 Å². The van der Waals surface area contributed by atoms with Gasteiger partial charge in [0.25, 0.3) is 0 Å². The van der Waals surface area contributed by atoms with Gasteiger partial charge in [0.2, 0.25) is 0 Å². The van der Waals surface area contributed by atoms with Gasteiger partial charge in [-0.05, 0) is 24.0 Å². The molecule has 0 aliphatic carbocycles. The van der Waals surface area contributed by atoms with Crippen LogP contribution in [0, 0.1) is 0 Å². The lowest BCUT2D eigenvalue weighted by Gasteiger charge is -1.89. The molecule has 0 nitrogen and oxygen atoms in total. The Morgan fingerprint density at radius 3 is 0.900 bits per heavy atom. The normalized spacial score (nSPS) is 7.90. The highest BCUT2D eigenvalue weighted by molar-refractivity contribution is 5.14. The molecule has 0 saturated carbocycles. The number of hydrogen-bond donors (Lipinski definition) is 0. The molecular formula is C20H32. The molecule has 20 heavy (non-hydrogen) atoms. The zero-order chi connectivity index (χ0) is 15.6. The second-order valence-corrected chi connectivity index (χ2v) is 3.68. The van der Waals surface area contributed by atoms with E-state index < -0.39 is 0 Å². The van der Waals surface area contributed by atoms with Gasteiger partial charge in [-0.3, -0.25) is 0 Å². The summed E-state index contributed by atoms with van der Waals surface area (Å²) in [7, 11) is 0. The standard InChI is InChI=1S/2C8H10.2C2H6/c2*1-2-8-6-4-3-5-7-8;2*1-2/h2*3-7H,2H2,1H3;2*1-2H3. The van der Waals surface area contributed by atoms with Crippen LogP contribution in [-0.2, 0) is 12.8 Å². The predicted octanol–water partition coefficient (Wildman–Crippen LogP) is 6.55. The summed E-state index contributed by atoms with van der Waals surface area (Å²) in [5.41, 5.74) is 2.82. The molecule has 0 radical (unpaired) electrons. The van der Waals surface area contributed by atoms with E-state index in [4.69, 9.17) is 0 Å². The van der Waals surface area contributed by atoms with E-state index in [2.05, 4.69) is 62.4 Å². The van der Waals surface area contributed by atoms with Gasteiger partial charge >= 0.3 is 0 Å². The predicted molar refractivity (Wildman–Crippen MR) is 94.3 cm³/mol. The molecule has 0 saturated heterocycles. The third kappa shape index (κ3) is 11.5. The third-order valence-corrected chi connectivity index (χ3v) is 2.50. The summed E-state index contributed by atoms with van der Waals surface area (Å²) in [6.45, 7) is 12.3. The molecule has 0 spiro atoms. The molecule has 0 aliphatic rings. The fraction of sp³-hybridized carbons (Fsp3) is 0.400. The van der Waals surface area contributed by atoms with Crippen molar-refractivity contribution in [3.63, 3.8) is 0 Å². The summed E-state index contributed by atoms with van der Waals surface area (Å²) >= 11 is 0. The molecule has 2 rings (SSSR count). The van der Waals surface area contributed by atoms with E-state index in [1.54, 1.807) is 0 Å². The first kappa shape index (κ1) is 20.8. The van der Waals surface area contributed by atoms with Crippen LogP contribution in [0.3, 0.4) is 0 Å². The highest BCUT2D eigenvalue weighted by atomic mass is 13.9. The Balaban J connectivity index is 0. The fourth-order valence-corrected chi connectivity index (χ4v) is 1.43. The van der Waals surface area contributed by atoms with Gasteiger partial charge in [0.05, 0.1) is 0 Å². The van der Waals surface area contributed by atoms with Crippen molar-refractivity contribution in [2.75, 3.05) is 0 Å². The number of rotatable bonds is 2. The molecule has 0 unspecified atom stereocenters. The molecule has 0 heterocycles. The van der Waals surface area contributed by atoms with E-state index in [9.17, 15) is 0 Å². The lowest BCUT2D eigenvalue weighted by Crippen LogP contribution is -1.73. The van der Waals surface area contributed by atoms with Crippen molar-refractivity contribution >= 4 is 0 Å². The van der Waals surface area contributed by atoms with Crippen LogP contribution < -0.4 is 0 Å². The third-order valence-electron chi connectivity index (χ3n) is 2.50. The number of aryl methyl sites for hydroxylation is 2. The average Bonchev–Trinajstić information content (AvgIpc) is 2.60. The van der Waals surface area contributed by atoms with Crippen LogP contribution in [0.25, 0.3) is 0 Å². The number of benzene rings is 2. The maximum atomic E-state index is 2.16. The molecule has 0 atom stereocenters. The van der Waals surface area contributed by atoms with Crippen LogP contribution in [0.15, 0.2) is 60.7 Å². The minimum absolute atomic E-state index is 1.14. The maximum absolute atomic E-state index is 2.16. The second kappa shape index (κ2) is 17.4. The van der Waals surface area contributed by atoms with Gasteiger partial charge in [0, 0.05) is 0 Å². The van der Waals surface area contributed by atoms with Crippen LogP contribution in [0.1, 0.15) is 52.7 Å². The molecule has 2 aromatic rings. The Kier molecular flexibility index (Phi) is 18.1. The molecule has 0 bridgehead atoms. The van der Waals surface area contributed by atoms with Crippen LogP contribution >= 0.6 is 0 Å². The van der Waals surface area contributed by atoms with Crippen LogP contribution in [-0.4, -0.2) is 0 Å². The van der Waals surface area contributed by atoms with Gasteiger partial charge in [-0.2, -0.15) is 0 Å². The average molecular weight is 272 g/mol. The Bertz CT molecular complexity index is 322. The first-order valence-corrected chi connectivity index (χ1v) is 7.94. The van der Waals surface area contributed by atoms with E-state index in [1.165, 1.54) is 11.1 Å². The van der Waals surface area contributed by atoms with Crippen molar-refractivity contribution in [3.8, 4) is 0 Å². The van der Waals surface area contributed by atoms with Crippen molar-refractivity contribution in [2.45, 2.75) is 54.4 Å². The topological polar surface area (TPSA) is 0 Å². The van der Waals surface area contributed by atoms with Gasteiger partial charge in [0.15, 0.2) is 0 Å². The van der Waals surface area contributed by atoms with E-state index in [0.29, 0.717) is 0 Å². The van der Waals surface area contributed by atoms with Crippen molar-refractivity contribution < 1.29 is 0 Å². The van der Waals surface area contributed by atoms with Crippen molar-refractivity contribution in [2.24, 2.45) is 0 Å². The largest absolute Gasteiger partial charge is 0.0683 e. The van der Waals surface area contributed by atoms with Crippen molar-refractivity contribution in [1.82, 2.24) is 0 Å². The molecule has 2 aromatic carbocycles. The Morgan fingerprint density at radius 1 is 0.500 bits per heavy atom. The maximum Gasteiger partial charge on any atom is -0.0307 e. The molecular weight excluding hydrogens is 240 g/mol. The van der Waals surface area contributed by atoms with Crippen molar-refractivity contribution in [3.05, 3.63) is 71.8 Å². The van der Waals surface area contributed by atoms with Gasteiger partial charge in [-0.1, -0.05) is 102 Å². The lowest BCUT2D eigenvalue weighted by molar-refractivity contribution is 1.14. The summed E-state index contributed by atoms with van der Waals surface area (Å²) in [6.07, 6.45) is 2.28. The molecule has 0 fully saturated rings. The molecule has 0 aromatic heterocycles. The molecule has 112 valence electrons. The lowest BCUT2D eigenvalue weighted by atomic mass is 10.2. The highest BCUT2D eigenvalue weighted by Gasteiger charge is 1.80. The SMILES string of the molecule is CC.CC.CCc1ccccc1.CCc1ccccc1. The van der Waals surface area contributed by atoms with E-state index in [-0.39, 0.29) is 0 Å². The molecule has 0 heteroatoms. The molecule has 0 aliphatic heterocycles. The fourth-order valence-electron chi connectivity index (χ4n) is 1.43. The highest BCUT2D eigenvalue weighted by Crippen LogP contribution is 1.97. The van der Waals surface area contributed by atoms with Crippen LogP contribution in [0.5, 0.6) is 0 Å². The zero-order valence-corrected chi connectivity index (χ0v) is 14.2.